The average molecular weight is 457 g/mol. The SMILES string of the molecule is Cc1ccc(N2C(=O)C(=O)/C(=C(/O)c3ccc(OC(C)C)c(C)c3)C2c2cccnc2)cc1C. The van der Waals surface area contributed by atoms with Gasteiger partial charge in [0, 0.05) is 23.6 Å². The van der Waals surface area contributed by atoms with Crippen LogP contribution in [0.1, 0.15) is 47.7 Å². The molecule has 0 radical (unpaired) electrons. The molecule has 174 valence electrons. The molecule has 1 amide bonds. The summed E-state index contributed by atoms with van der Waals surface area (Å²) in [6.45, 7) is 9.70. The molecular formula is C28H28N2O4. The van der Waals surface area contributed by atoms with Crippen molar-refractivity contribution in [1.29, 1.82) is 0 Å². The predicted molar refractivity (Wildman–Crippen MR) is 132 cm³/mol. The number of aliphatic hydroxyl groups is 1. The van der Waals surface area contributed by atoms with Crippen LogP contribution in [0.4, 0.5) is 5.69 Å². The van der Waals surface area contributed by atoms with E-state index < -0.39 is 17.7 Å². The van der Waals surface area contributed by atoms with Crippen molar-refractivity contribution in [1.82, 2.24) is 4.98 Å². The third-order valence-corrected chi connectivity index (χ3v) is 6.02. The zero-order valence-electron chi connectivity index (χ0n) is 20.0. The molecule has 34 heavy (non-hydrogen) atoms. The predicted octanol–water partition coefficient (Wildman–Crippen LogP) is 5.42. The van der Waals surface area contributed by atoms with E-state index in [9.17, 15) is 14.7 Å². The molecule has 1 aromatic heterocycles. The number of pyridine rings is 1. The van der Waals surface area contributed by atoms with Crippen LogP contribution in [-0.4, -0.2) is 27.9 Å². The Morgan fingerprint density at radius 1 is 1.00 bits per heavy atom. The van der Waals surface area contributed by atoms with Crippen molar-refractivity contribution in [2.45, 2.75) is 46.8 Å². The summed E-state index contributed by atoms with van der Waals surface area (Å²) in [6.07, 6.45) is 3.25. The quantitative estimate of drug-likeness (QED) is 0.315. The minimum absolute atomic E-state index is 0.00650. The highest BCUT2D eigenvalue weighted by Crippen LogP contribution is 2.42. The molecule has 4 rings (SSSR count). The summed E-state index contributed by atoms with van der Waals surface area (Å²) in [5, 5.41) is 11.3. The van der Waals surface area contributed by atoms with Gasteiger partial charge < -0.3 is 9.84 Å². The standard InChI is InChI=1S/C28H28N2O4/c1-16(2)34-23-11-9-20(13-19(23)5)26(31)24-25(21-7-6-12-29-15-21)30(28(33)27(24)32)22-10-8-17(3)18(4)14-22/h6-16,25,31H,1-5H3/b26-24+. The van der Waals surface area contributed by atoms with Gasteiger partial charge in [0.25, 0.3) is 11.7 Å². The minimum atomic E-state index is -0.803. The fraction of sp³-hybridized carbons (Fsp3) is 0.250. The van der Waals surface area contributed by atoms with Gasteiger partial charge in [-0.15, -0.1) is 0 Å². The molecule has 6 nitrogen and oxygen atoms in total. The smallest absolute Gasteiger partial charge is 0.300 e. The molecule has 1 atom stereocenters. The topological polar surface area (TPSA) is 79.7 Å². The Kier molecular flexibility index (Phi) is 6.24. The van der Waals surface area contributed by atoms with E-state index in [1.54, 1.807) is 42.7 Å². The molecule has 1 saturated heterocycles. The molecule has 0 spiro atoms. The highest BCUT2D eigenvalue weighted by Gasteiger charge is 2.47. The van der Waals surface area contributed by atoms with Gasteiger partial charge in [0.2, 0.25) is 0 Å². The van der Waals surface area contributed by atoms with Crippen molar-refractivity contribution in [2.24, 2.45) is 0 Å². The van der Waals surface area contributed by atoms with E-state index in [2.05, 4.69) is 4.98 Å². The molecule has 1 unspecified atom stereocenters. The van der Waals surface area contributed by atoms with Crippen LogP contribution in [0.2, 0.25) is 0 Å². The van der Waals surface area contributed by atoms with Gasteiger partial charge in [-0.2, -0.15) is 0 Å². The van der Waals surface area contributed by atoms with E-state index in [0.29, 0.717) is 22.6 Å². The maximum atomic E-state index is 13.3. The number of carbonyl (C=O) groups excluding carboxylic acids is 2. The number of hydrogen-bond donors (Lipinski definition) is 1. The first-order valence-corrected chi connectivity index (χ1v) is 11.2. The summed E-state index contributed by atoms with van der Waals surface area (Å²) < 4.78 is 5.79. The molecule has 3 aromatic rings. The first kappa shape index (κ1) is 23.2. The second-order valence-corrected chi connectivity index (χ2v) is 8.87. The van der Waals surface area contributed by atoms with E-state index in [1.165, 1.54) is 4.90 Å². The van der Waals surface area contributed by atoms with Gasteiger partial charge in [-0.1, -0.05) is 12.1 Å². The van der Waals surface area contributed by atoms with Gasteiger partial charge >= 0.3 is 0 Å². The van der Waals surface area contributed by atoms with Crippen LogP contribution in [0.5, 0.6) is 5.75 Å². The van der Waals surface area contributed by atoms with Crippen molar-refractivity contribution in [2.75, 3.05) is 4.90 Å². The van der Waals surface area contributed by atoms with Crippen molar-refractivity contribution in [3.8, 4) is 5.75 Å². The molecule has 2 aromatic carbocycles. The molecule has 1 aliphatic heterocycles. The van der Waals surface area contributed by atoms with Crippen LogP contribution in [0.15, 0.2) is 66.5 Å². The number of aryl methyl sites for hydroxylation is 3. The van der Waals surface area contributed by atoms with Gasteiger partial charge in [-0.3, -0.25) is 19.5 Å². The van der Waals surface area contributed by atoms with Gasteiger partial charge in [0.15, 0.2) is 0 Å². The summed E-state index contributed by atoms with van der Waals surface area (Å²) in [4.78, 5) is 32.2. The lowest BCUT2D eigenvalue weighted by Gasteiger charge is -2.25. The molecule has 0 bridgehead atoms. The molecular weight excluding hydrogens is 428 g/mol. The Balaban J connectivity index is 1.89. The molecule has 2 heterocycles. The number of ether oxygens (including phenoxy) is 1. The van der Waals surface area contributed by atoms with Crippen molar-refractivity contribution in [3.05, 3.63) is 94.3 Å². The fourth-order valence-corrected chi connectivity index (χ4v) is 4.17. The third-order valence-electron chi connectivity index (χ3n) is 6.02. The summed E-state index contributed by atoms with van der Waals surface area (Å²) in [5.74, 6) is -0.941. The van der Waals surface area contributed by atoms with Crippen molar-refractivity contribution < 1.29 is 19.4 Å². The molecule has 1 fully saturated rings. The Morgan fingerprint density at radius 3 is 2.38 bits per heavy atom. The maximum absolute atomic E-state index is 13.3. The van der Waals surface area contributed by atoms with E-state index in [0.717, 1.165) is 16.7 Å². The maximum Gasteiger partial charge on any atom is 0.300 e. The van der Waals surface area contributed by atoms with Gasteiger partial charge in [0.05, 0.1) is 17.7 Å². The lowest BCUT2D eigenvalue weighted by Crippen LogP contribution is -2.29. The molecule has 1 N–H and O–H groups in total. The largest absolute Gasteiger partial charge is 0.507 e. The first-order chi connectivity index (χ1) is 16.2. The van der Waals surface area contributed by atoms with Crippen molar-refractivity contribution >= 4 is 23.1 Å². The molecule has 1 aliphatic rings. The van der Waals surface area contributed by atoms with Crippen LogP contribution in [-0.2, 0) is 9.59 Å². The normalized spacial score (nSPS) is 17.5. The highest BCUT2D eigenvalue weighted by atomic mass is 16.5. The van der Waals surface area contributed by atoms with Crippen LogP contribution >= 0.6 is 0 Å². The average Bonchev–Trinajstić information content (AvgIpc) is 3.07. The molecule has 6 heteroatoms. The van der Waals surface area contributed by atoms with Crippen LogP contribution in [0.25, 0.3) is 5.76 Å². The Labute approximate surface area is 199 Å². The lowest BCUT2D eigenvalue weighted by molar-refractivity contribution is -0.132. The number of anilines is 1. The molecule has 0 saturated carbocycles. The zero-order chi connectivity index (χ0) is 24.6. The Hall–Kier alpha value is -3.93. The number of aromatic nitrogens is 1. The summed E-state index contributed by atoms with van der Waals surface area (Å²) in [6, 6.07) is 13.6. The number of benzene rings is 2. The number of hydrogen-bond acceptors (Lipinski definition) is 5. The third kappa shape index (κ3) is 4.19. The summed E-state index contributed by atoms with van der Waals surface area (Å²) in [5.41, 5.74) is 4.61. The van der Waals surface area contributed by atoms with Gasteiger partial charge in [-0.25, -0.2) is 0 Å². The number of Topliss-reactive ketones (excluding diaryl/α,β-unsaturated/α-hetero) is 1. The Bertz CT molecular complexity index is 1300. The first-order valence-electron chi connectivity index (χ1n) is 11.2. The fourth-order valence-electron chi connectivity index (χ4n) is 4.17. The summed E-state index contributed by atoms with van der Waals surface area (Å²) >= 11 is 0. The molecule has 0 aliphatic carbocycles. The zero-order valence-corrected chi connectivity index (χ0v) is 20.0. The van der Waals surface area contributed by atoms with Gasteiger partial charge in [0.1, 0.15) is 11.5 Å². The number of ketones is 1. The van der Waals surface area contributed by atoms with E-state index in [1.807, 2.05) is 52.8 Å². The number of carbonyl (C=O) groups is 2. The van der Waals surface area contributed by atoms with Gasteiger partial charge in [-0.05, 0) is 93.3 Å². The number of amides is 1. The number of rotatable bonds is 5. The van der Waals surface area contributed by atoms with Crippen LogP contribution in [0, 0.1) is 20.8 Å². The monoisotopic (exact) mass is 456 g/mol. The highest BCUT2D eigenvalue weighted by molar-refractivity contribution is 6.51. The lowest BCUT2D eigenvalue weighted by atomic mass is 9.95. The number of nitrogens with zero attached hydrogens (tertiary/aromatic N) is 2. The van der Waals surface area contributed by atoms with E-state index in [4.69, 9.17) is 4.74 Å². The number of aliphatic hydroxyl groups excluding tert-OH is 1. The van der Waals surface area contributed by atoms with E-state index >= 15 is 0 Å². The van der Waals surface area contributed by atoms with Crippen LogP contribution in [0.3, 0.4) is 0 Å². The Morgan fingerprint density at radius 2 is 1.76 bits per heavy atom. The van der Waals surface area contributed by atoms with E-state index in [-0.39, 0.29) is 17.4 Å². The second kappa shape index (κ2) is 9.14. The minimum Gasteiger partial charge on any atom is -0.507 e. The second-order valence-electron chi connectivity index (χ2n) is 8.87. The summed E-state index contributed by atoms with van der Waals surface area (Å²) in [7, 11) is 0. The van der Waals surface area contributed by atoms with Crippen molar-refractivity contribution in [3.63, 3.8) is 0 Å². The van der Waals surface area contributed by atoms with Crippen LogP contribution < -0.4 is 9.64 Å².